The lowest BCUT2D eigenvalue weighted by atomic mass is 10.1. The molecule has 20 heavy (non-hydrogen) atoms. The summed E-state index contributed by atoms with van der Waals surface area (Å²) in [5, 5.41) is 14.1. The first-order valence-corrected chi connectivity index (χ1v) is 6.22. The van der Waals surface area contributed by atoms with Crippen LogP contribution < -0.4 is 10.6 Å². The zero-order valence-corrected chi connectivity index (χ0v) is 11.8. The number of aryl methyl sites for hydroxylation is 1. The summed E-state index contributed by atoms with van der Waals surface area (Å²) in [5.74, 6) is -1.70. The van der Waals surface area contributed by atoms with E-state index in [-0.39, 0.29) is 24.8 Å². The number of hydrogen-bond donors (Lipinski definition) is 3. The van der Waals surface area contributed by atoms with Gasteiger partial charge in [0.15, 0.2) is 0 Å². The fourth-order valence-corrected chi connectivity index (χ4v) is 1.39. The number of rotatable bonds is 6. The maximum absolute atomic E-state index is 13.3. The van der Waals surface area contributed by atoms with E-state index in [0.717, 1.165) is 0 Å². The van der Waals surface area contributed by atoms with Gasteiger partial charge in [0, 0.05) is 6.54 Å². The van der Waals surface area contributed by atoms with Gasteiger partial charge in [0.05, 0.1) is 6.54 Å². The summed E-state index contributed by atoms with van der Waals surface area (Å²) in [7, 11) is 0. The van der Waals surface area contributed by atoms with E-state index in [0.29, 0.717) is 11.1 Å². The molecule has 0 saturated carbocycles. The molecule has 0 aliphatic carbocycles. The third-order valence-electron chi connectivity index (χ3n) is 2.95. The maximum Gasteiger partial charge on any atom is 0.323 e. The number of halogens is 1. The molecule has 0 fully saturated rings. The maximum atomic E-state index is 13.3. The van der Waals surface area contributed by atoms with Gasteiger partial charge in [-0.3, -0.25) is 14.9 Å². The van der Waals surface area contributed by atoms with Gasteiger partial charge in [0.1, 0.15) is 11.4 Å². The molecule has 6 heteroatoms. The summed E-state index contributed by atoms with van der Waals surface area (Å²) in [6, 6.07) is 4.74. The van der Waals surface area contributed by atoms with Gasteiger partial charge in [-0.2, -0.15) is 0 Å². The highest BCUT2D eigenvalue weighted by Gasteiger charge is 2.26. The number of aliphatic carboxylic acids is 1. The summed E-state index contributed by atoms with van der Waals surface area (Å²) in [5.41, 5.74) is 0.0247. The topological polar surface area (TPSA) is 78.4 Å². The van der Waals surface area contributed by atoms with Gasteiger partial charge in [-0.25, -0.2) is 4.39 Å². The minimum absolute atomic E-state index is 0.117. The van der Waals surface area contributed by atoms with Crippen LogP contribution in [0.2, 0.25) is 0 Å². The number of carboxylic acid groups (broad SMARTS) is 1. The van der Waals surface area contributed by atoms with Crippen LogP contribution in [0.3, 0.4) is 0 Å². The van der Waals surface area contributed by atoms with E-state index >= 15 is 0 Å². The number of hydrogen-bond acceptors (Lipinski definition) is 3. The van der Waals surface area contributed by atoms with E-state index in [9.17, 15) is 14.0 Å². The smallest absolute Gasteiger partial charge is 0.323 e. The molecule has 0 aliphatic rings. The average molecular weight is 282 g/mol. The summed E-state index contributed by atoms with van der Waals surface area (Å²) in [4.78, 5) is 22.4. The monoisotopic (exact) mass is 282 g/mol. The second kappa shape index (κ2) is 6.47. The molecule has 1 rings (SSSR count). The fraction of sp³-hybridized carbons (Fsp3) is 0.429. The average Bonchev–Trinajstić information content (AvgIpc) is 2.37. The molecule has 1 amide bonds. The standard InChI is InChI=1S/C14H19FN2O3/c1-9-4-5-10(6-11(9)15)7-16-12(18)8-17-14(2,3)13(19)20/h4-6,17H,7-8H2,1-3H3,(H,16,18)(H,19,20). The Bertz CT molecular complexity index is 515. The Balaban J connectivity index is 2.44. The SMILES string of the molecule is Cc1ccc(CNC(=O)CNC(C)(C)C(=O)O)cc1F. The summed E-state index contributed by atoms with van der Waals surface area (Å²) in [6.07, 6.45) is 0. The lowest BCUT2D eigenvalue weighted by Crippen LogP contribution is -2.50. The number of nitrogens with one attached hydrogen (secondary N) is 2. The molecule has 5 nitrogen and oxygen atoms in total. The predicted octanol–water partition coefficient (Wildman–Crippen LogP) is 1.20. The van der Waals surface area contributed by atoms with E-state index in [2.05, 4.69) is 10.6 Å². The number of carboxylic acids is 1. The molecule has 3 N–H and O–H groups in total. The second-order valence-corrected chi connectivity index (χ2v) is 5.14. The predicted molar refractivity (Wildman–Crippen MR) is 72.7 cm³/mol. The Morgan fingerprint density at radius 2 is 2.00 bits per heavy atom. The Morgan fingerprint density at radius 1 is 1.35 bits per heavy atom. The van der Waals surface area contributed by atoms with E-state index in [1.165, 1.54) is 19.9 Å². The first kappa shape index (κ1) is 16.1. The normalized spacial score (nSPS) is 11.2. The van der Waals surface area contributed by atoms with Gasteiger partial charge in [-0.05, 0) is 38.0 Å². The van der Waals surface area contributed by atoms with Gasteiger partial charge in [0.25, 0.3) is 0 Å². The summed E-state index contributed by atoms with van der Waals surface area (Å²) in [6.45, 7) is 4.68. The minimum Gasteiger partial charge on any atom is -0.480 e. The molecule has 0 heterocycles. The molecule has 0 aromatic heterocycles. The summed E-state index contributed by atoms with van der Waals surface area (Å²) < 4.78 is 13.3. The third kappa shape index (κ3) is 4.62. The van der Waals surface area contributed by atoms with E-state index < -0.39 is 11.5 Å². The molecular weight excluding hydrogens is 263 g/mol. The summed E-state index contributed by atoms with van der Waals surface area (Å²) >= 11 is 0. The Morgan fingerprint density at radius 3 is 2.55 bits per heavy atom. The fourth-order valence-electron chi connectivity index (χ4n) is 1.39. The number of carbonyl (C=O) groups is 2. The van der Waals surface area contributed by atoms with Crippen LogP contribution in [0.1, 0.15) is 25.0 Å². The van der Waals surface area contributed by atoms with Crippen LogP contribution in [0.15, 0.2) is 18.2 Å². The molecule has 1 aromatic rings. The van der Waals surface area contributed by atoms with Crippen molar-refractivity contribution in [3.8, 4) is 0 Å². The highest BCUT2D eigenvalue weighted by Crippen LogP contribution is 2.08. The van der Waals surface area contributed by atoms with Crippen LogP contribution in [-0.2, 0) is 16.1 Å². The van der Waals surface area contributed by atoms with E-state index in [4.69, 9.17) is 5.11 Å². The lowest BCUT2D eigenvalue weighted by molar-refractivity contribution is -0.143. The van der Waals surface area contributed by atoms with Crippen molar-refractivity contribution in [2.24, 2.45) is 0 Å². The first-order valence-electron chi connectivity index (χ1n) is 6.22. The van der Waals surface area contributed by atoms with Gasteiger partial charge >= 0.3 is 5.97 Å². The van der Waals surface area contributed by atoms with Gasteiger partial charge in [0.2, 0.25) is 5.91 Å². The van der Waals surface area contributed by atoms with Crippen LogP contribution in [0, 0.1) is 12.7 Å². The Labute approximate surface area is 117 Å². The molecule has 0 spiro atoms. The Hall–Kier alpha value is -1.95. The highest BCUT2D eigenvalue weighted by molar-refractivity contribution is 5.81. The second-order valence-electron chi connectivity index (χ2n) is 5.14. The van der Waals surface area contributed by atoms with Crippen LogP contribution in [0.5, 0.6) is 0 Å². The minimum atomic E-state index is -1.17. The van der Waals surface area contributed by atoms with Gasteiger partial charge in [-0.15, -0.1) is 0 Å². The van der Waals surface area contributed by atoms with Crippen LogP contribution >= 0.6 is 0 Å². The quantitative estimate of drug-likeness (QED) is 0.732. The molecule has 0 unspecified atom stereocenters. The van der Waals surface area contributed by atoms with Crippen molar-refractivity contribution in [1.29, 1.82) is 0 Å². The van der Waals surface area contributed by atoms with E-state index in [1.54, 1.807) is 19.1 Å². The molecule has 110 valence electrons. The van der Waals surface area contributed by atoms with Crippen molar-refractivity contribution in [3.63, 3.8) is 0 Å². The van der Waals surface area contributed by atoms with Crippen molar-refractivity contribution >= 4 is 11.9 Å². The zero-order valence-electron chi connectivity index (χ0n) is 11.8. The van der Waals surface area contributed by atoms with Gasteiger partial charge in [-0.1, -0.05) is 12.1 Å². The van der Waals surface area contributed by atoms with E-state index in [1.807, 2.05) is 0 Å². The van der Waals surface area contributed by atoms with Gasteiger partial charge < -0.3 is 10.4 Å². The largest absolute Gasteiger partial charge is 0.480 e. The van der Waals surface area contributed by atoms with Crippen molar-refractivity contribution in [2.75, 3.05) is 6.54 Å². The lowest BCUT2D eigenvalue weighted by Gasteiger charge is -2.20. The highest BCUT2D eigenvalue weighted by atomic mass is 19.1. The molecular formula is C14H19FN2O3. The number of benzene rings is 1. The van der Waals surface area contributed by atoms with Crippen LogP contribution in [0.4, 0.5) is 4.39 Å². The van der Waals surface area contributed by atoms with Crippen molar-refractivity contribution in [1.82, 2.24) is 10.6 Å². The Kier molecular flexibility index (Phi) is 5.21. The molecule has 0 saturated heterocycles. The number of amides is 1. The van der Waals surface area contributed by atoms with Crippen LogP contribution in [-0.4, -0.2) is 29.1 Å². The third-order valence-corrected chi connectivity index (χ3v) is 2.95. The van der Waals surface area contributed by atoms with Crippen molar-refractivity contribution in [2.45, 2.75) is 32.9 Å². The van der Waals surface area contributed by atoms with Crippen LogP contribution in [0.25, 0.3) is 0 Å². The molecule has 0 radical (unpaired) electrons. The number of carbonyl (C=O) groups excluding carboxylic acids is 1. The molecule has 0 atom stereocenters. The van der Waals surface area contributed by atoms with Crippen molar-refractivity contribution in [3.05, 3.63) is 35.1 Å². The molecule has 0 bridgehead atoms. The van der Waals surface area contributed by atoms with Crippen molar-refractivity contribution < 1.29 is 19.1 Å². The zero-order chi connectivity index (χ0) is 15.3. The first-order chi connectivity index (χ1) is 9.22. The molecule has 0 aliphatic heterocycles. The molecule has 1 aromatic carbocycles.